The van der Waals surface area contributed by atoms with E-state index in [-0.39, 0.29) is 75.3 Å². The lowest BCUT2D eigenvalue weighted by atomic mass is 10.1. The molecule has 16 N–H and O–H groups in total. The number of hydrogen-bond acceptors (Lipinski definition) is 25. The minimum Gasteiger partial charge on any atom is -0.478 e. The minimum absolute atomic E-state index is 0. The number of ketones is 1. The Bertz CT molecular complexity index is 4270. The number of aliphatic carboxylic acids is 1. The van der Waals surface area contributed by atoms with Crippen LogP contribution in [0.25, 0.3) is 12.2 Å². The third kappa shape index (κ3) is 36.2. The molecule has 3 aliphatic heterocycles. The highest BCUT2D eigenvalue weighted by Gasteiger charge is 2.26. The summed E-state index contributed by atoms with van der Waals surface area (Å²) in [6.45, 7) is 11.6. The van der Waals surface area contributed by atoms with E-state index in [1.54, 1.807) is 51.6 Å². The Labute approximate surface area is 694 Å². The van der Waals surface area contributed by atoms with Crippen molar-refractivity contribution < 1.29 is 53.7 Å². The molecule has 0 atom stereocenters. The number of allylic oxidation sites excluding steroid dienone is 1. The van der Waals surface area contributed by atoms with Crippen LogP contribution in [0.3, 0.4) is 0 Å². The number of nitrogen functional groups attached to an aromatic ring is 4. The number of hydrogen-bond donors (Lipinski definition) is 12. The Hall–Kier alpha value is -9.75. The van der Waals surface area contributed by atoms with Crippen LogP contribution in [-0.2, 0) is 35.8 Å². The molecule has 7 amide bonds. The minimum atomic E-state index is -1.07. The van der Waals surface area contributed by atoms with E-state index < -0.39 is 17.9 Å². The Balaban J connectivity index is 0.000000342. The van der Waals surface area contributed by atoms with Gasteiger partial charge in [0.2, 0.25) is 0 Å². The summed E-state index contributed by atoms with van der Waals surface area (Å²) in [5, 5.41) is 40.1. The summed E-state index contributed by atoms with van der Waals surface area (Å²) in [6.07, 6.45) is 16.8. The summed E-state index contributed by atoms with van der Waals surface area (Å²) in [6, 6.07) is 13.4. The SMILES string of the molecule is Br.CC(=O)/C=C/c1cnc2c(c1)CN(CCN(C)C)C(=O)N2.CN(C)CCN1Cc2cc(/C=C/C(=O)O)cnc2NC1=O.CN(C)CCN1Cc2cc(Br)cnc2NC1=O.CN(C)CCNC(=O)c1cc(Br)cnc1N.CN(C)CCNCc1cc(Br)cnc1N.Nc1ncc(Br)cc1C(=O)O.Nc1ncccc1C(=O)O. The molecule has 0 unspecified atom stereocenters. The number of carboxylic acid groups (broad SMARTS) is 3. The molecule has 40 heteroatoms. The first-order chi connectivity index (χ1) is 52.4. The topological polar surface area (TPSA) is 478 Å². The van der Waals surface area contributed by atoms with Gasteiger partial charge in [0.1, 0.15) is 51.9 Å². The molecule has 35 nitrogen and oxygen atoms in total. The summed E-state index contributed by atoms with van der Waals surface area (Å²) in [5.41, 5.74) is 27.8. The summed E-state index contributed by atoms with van der Waals surface area (Å²) < 4.78 is 3.23. The molecule has 0 radical (unpaired) electrons. The average Bonchev–Trinajstić information content (AvgIpc) is 0.814. The van der Waals surface area contributed by atoms with Gasteiger partial charge in [-0.25, -0.2) is 63.7 Å². The molecule has 0 bridgehead atoms. The molecule has 606 valence electrons. The van der Waals surface area contributed by atoms with Crippen LogP contribution >= 0.6 is 80.7 Å². The number of anilines is 7. The van der Waals surface area contributed by atoms with Crippen LogP contribution in [-0.4, -0.2) is 273 Å². The lowest BCUT2D eigenvalue weighted by Crippen LogP contribution is -2.42. The molecule has 0 saturated heterocycles. The second-order valence-electron chi connectivity index (χ2n) is 25.8. The standard InChI is InChI=1S/C15H20N4O2.C14H18N4O3.C11H15BrN4O.C10H15BrN4O.C10H17BrN4.C6H5BrN2O2.C6H6N2O2.BrH/c1-11(20)4-5-12-8-13-10-19(7-6-18(2)3)15(21)17-14(13)16-9-12;1-17(2)5-6-18-9-11-7-10(3-4-12(19)20)8-15-13(11)16-14(18)21;1-15(2)3-4-16-7-8-5-9(12)6-13-10(8)14-11(16)17;1-15(2)4-3-13-10(16)8-5-7(11)6-14-9(8)12;1-15(2)4-3-13-6-8-5-9(11)7-14-10(8)12;7-3-1-4(6(10)11)5(8)9-2-3;7-5-4(6(9)10)2-1-3-8-5;/h4-5,8-9H,6-7,10H2,1-3H3,(H,16,17,21);3-4,7-8H,5-6,9H2,1-2H3,(H,19,20)(H,15,16,21);5-6H,3-4,7H2,1-2H3,(H,13,14,17);5-6H,3-4H2,1-2H3,(H2,12,14)(H,13,16);5,7,13H,3-4,6H2,1-2H3,(H2,12,14);1-2H,(H2,8,9)(H,10,11);1-3H,(H2,7,8)(H,9,10);1H/b5-4+;4-3+;;;;;;. The first kappa shape index (κ1) is 96.4. The predicted octanol–water partition coefficient (Wildman–Crippen LogP) is 8.29. The van der Waals surface area contributed by atoms with Crippen LogP contribution in [0.2, 0.25) is 0 Å². The maximum absolute atomic E-state index is 12.0. The monoisotopic (exact) mass is 1870 g/mol. The zero-order valence-electron chi connectivity index (χ0n) is 63.9. The molecular formula is C72H97Br5N24O11. The maximum atomic E-state index is 12.0. The zero-order chi connectivity index (χ0) is 82.6. The average molecular weight is 1870 g/mol. The van der Waals surface area contributed by atoms with Crippen molar-refractivity contribution in [2.75, 3.05) is 175 Å². The van der Waals surface area contributed by atoms with Crippen molar-refractivity contribution in [3.05, 3.63) is 172 Å². The van der Waals surface area contributed by atoms with Crippen LogP contribution < -0.4 is 49.5 Å². The Morgan fingerprint density at radius 3 is 1.27 bits per heavy atom. The molecule has 112 heavy (non-hydrogen) atoms. The molecule has 7 aromatic heterocycles. The normalized spacial score (nSPS) is 12.4. The first-order valence-corrected chi connectivity index (χ1v) is 37.1. The number of halogens is 5. The van der Waals surface area contributed by atoms with E-state index in [1.807, 2.05) is 95.3 Å². The number of carbonyl (C=O) groups excluding carboxylic acids is 5. The van der Waals surface area contributed by atoms with Gasteiger partial charge in [0, 0.05) is 162 Å². The molecule has 0 saturated carbocycles. The van der Waals surface area contributed by atoms with Gasteiger partial charge in [-0.2, -0.15) is 0 Å². The number of nitrogens with two attached hydrogens (primary N) is 4. The highest BCUT2D eigenvalue weighted by Crippen LogP contribution is 2.27. The van der Waals surface area contributed by atoms with Crippen LogP contribution in [0.15, 0.2) is 122 Å². The van der Waals surface area contributed by atoms with Crippen molar-refractivity contribution in [2.24, 2.45) is 0 Å². The van der Waals surface area contributed by atoms with Crippen LogP contribution in [0.1, 0.15) is 71.4 Å². The van der Waals surface area contributed by atoms with Crippen LogP contribution in [0.4, 0.5) is 55.1 Å². The van der Waals surface area contributed by atoms with E-state index in [0.717, 1.165) is 93.1 Å². The second kappa shape index (κ2) is 49.6. The van der Waals surface area contributed by atoms with E-state index in [1.165, 1.54) is 55.9 Å². The number of amides is 7. The number of pyridine rings is 7. The van der Waals surface area contributed by atoms with E-state index in [9.17, 15) is 38.4 Å². The van der Waals surface area contributed by atoms with Gasteiger partial charge in [0.05, 0.1) is 25.2 Å². The number of fused-ring (bicyclic) bond motifs is 3. The van der Waals surface area contributed by atoms with Crippen molar-refractivity contribution >= 4 is 181 Å². The molecule has 10 rings (SSSR count). The van der Waals surface area contributed by atoms with Gasteiger partial charge in [-0.3, -0.25) is 25.5 Å². The number of nitrogens with zero attached hydrogens (tertiary/aromatic N) is 15. The van der Waals surface area contributed by atoms with Crippen molar-refractivity contribution in [2.45, 2.75) is 33.1 Å². The highest BCUT2D eigenvalue weighted by molar-refractivity contribution is 9.11. The van der Waals surface area contributed by atoms with E-state index in [2.05, 4.69) is 149 Å². The summed E-state index contributed by atoms with van der Waals surface area (Å²) in [7, 11) is 19.8. The lowest BCUT2D eigenvalue weighted by molar-refractivity contribution is -0.131. The van der Waals surface area contributed by atoms with Crippen LogP contribution in [0.5, 0.6) is 0 Å². The van der Waals surface area contributed by atoms with Crippen molar-refractivity contribution in [3.8, 4) is 0 Å². The summed E-state index contributed by atoms with van der Waals surface area (Å²) in [4.78, 5) is 133. The molecule has 7 aromatic rings. The molecule has 3 aliphatic rings. The van der Waals surface area contributed by atoms with Gasteiger partial charge in [-0.05, 0) is 219 Å². The maximum Gasteiger partial charge on any atom is 0.339 e. The molecule has 0 aliphatic carbocycles. The second-order valence-corrected chi connectivity index (χ2v) is 29.4. The van der Waals surface area contributed by atoms with Gasteiger partial charge in [0.15, 0.2) is 5.78 Å². The van der Waals surface area contributed by atoms with Gasteiger partial charge in [-0.1, -0.05) is 0 Å². The number of carboxylic acids is 3. The van der Waals surface area contributed by atoms with E-state index in [4.69, 9.17) is 38.3 Å². The summed E-state index contributed by atoms with van der Waals surface area (Å²) >= 11 is 13.1. The van der Waals surface area contributed by atoms with Crippen LogP contribution in [0, 0.1) is 0 Å². The fourth-order valence-corrected chi connectivity index (χ4v) is 10.6. The largest absolute Gasteiger partial charge is 0.478 e. The number of nitrogens with one attached hydrogen (secondary N) is 5. The quantitative estimate of drug-likeness (QED) is 0.0200. The molecule has 10 heterocycles. The van der Waals surface area contributed by atoms with E-state index >= 15 is 0 Å². The van der Waals surface area contributed by atoms with Crippen molar-refractivity contribution in [3.63, 3.8) is 0 Å². The molecular weight excluding hydrogens is 1780 g/mol. The Morgan fingerprint density at radius 1 is 0.482 bits per heavy atom. The van der Waals surface area contributed by atoms with E-state index in [0.29, 0.717) is 84.7 Å². The number of rotatable bonds is 24. The smallest absolute Gasteiger partial charge is 0.339 e. The number of urea groups is 3. The molecule has 0 aromatic carbocycles. The number of carbonyl (C=O) groups is 8. The number of aromatic carboxylic acids is 2. The first-order valence-electron chi connectivity index (χ1n) is 33.9. The third-order valence-electron chi connectivity index (χ3n) is 15.1. The molecule has 0 spiro atoms. The zero-order valence-corrected chi connectivity index (χ0v) is 72.0. The fraction of sp³-hybridized carbons (Fsp3) is 0.347. The lowest BCUT2D eigenvalue weighted by Gasteiger charge is -2.29. The van der Waals surface area contributed by atoms with Crippen molar-refractivity contribution in [1.82, 2.24) is 84.7 Å². The Morgan fingerprint density at radius 2 is 0.857 bits per heavy atom. The number of likely N-dealkylation sites (N-methyl/N-ethyl adjacent to an activating group) is 5. The van der Waals surface area contributed by atoms with Gasteiger partial charge >= 0.3 is 36.0 Å². The fourth-order valence-electron chi connectivity index (χ4n) is 9.18. The van der Waals surface area contributed by atoms with Gasteiger partial charge < -0.3 is 88.1 Å². The van der Waals surface area contributed by atoms with Gasteiger partial charge in [-0.15, -0.1) is 17.0 Å². The Kier molecular flexibility index (Phi) is 42.7. The predicted molar refractivity (Wildman–Crippen MR) is 454 cm³/mol. The highest BCUT2D eigenvalue weighted by atomic mass is 79.9. The number of aromatic nitrogens is 7. The third-order valence-corrected chi connectivity index (χ3v) is 16.8. The molecule has 0 fully saturated rings. The summed E-state index contributed by atoms with van der Waals surface area (Å²) in [5.74, 6) is -0.622. The van der Waals surface area contributed by atoms with Gasteiger partial charge in [0.25, 0.3) is 5.91 Å². The van der Waals surface area contributed by atoms with Crippen molar-refractivity contribution in [1.29, 1.82) is 0 Å².